The molecular formula is C9H17Br. The lowest BCUT2D eigenvalue weighted by molar-refractivity contribution is 0.416. The molecule has 2 atom stereocenters. The Morgan fingerprint density at radius 1 is 1.40 bits per heavy atom. The predicted molar refractivity (Wildman–Crippen MR) is 49.5 cm³/mol. The van der Waals surface area contributed by atoms with E-state index < -0.39 is 0 Å². The fraction of sp³-hybridized carbons (Fsp3) is 1.00. The van der Waals surface area contributed by atoms with Crippen molar-refractivity contribution in [2.75, 3.05) is 5.33 Å². The summed E-state index contributed by atoms with van der Waals surface area (Å²) in [7, 11) is 0. The first kappa shape index (κ1) is 8.58. The molecule has 0 heterocycles. The van der Waals surface area contributed by atoms with Crippen LogP contribution in [0.15, 0.2) is 0 Å². The predicted octanol–water partition coefficient (Wildman–Crippen LogP) is 3.45. The number of hydrogen-bond donors (Lipinski definition) is 0. The van der Waals surface area contributed by atoms with Crippen molar-refractivity contribution in [2.45, 2.75) is 33.1 Å². The van der Waals surface area contributed by atoms with E-state index in [1.54, 1.807) is 0 Å². The Kier molecular flexibility index (Phi) is 3.22. The van der Waals surface area contributed by atoms with E-state index >= 15 is 0 Å². The van der Waals surface area contributed by atoms with Gasteiger partial charge in [-0.1, -0.05) is 42.6 Å². The number of rotatable bonds is 4. The first-order chi connectivity index (χ1) is 4.83. The summed E-state index contributed by atoms with van der Waals surface area (Å²) >= 11 is 3.54. The maximum absolute atomic E-state index is 3.54. The summed E-state index contributed by atoms with van der Waals surface area (Å²) in [4.78, 5) is 0. The highest BCUT2D eigenvalue weighted by Gasteiger charge is 2.39. The van der Waals surface area contributed by atoms with Crippen LogP contribution in [0.5, 0.6) is 0 Å². The lowest BCUT2D eigenvalue weighted by Gasteiger charge is -2.10. The maximum atomic E-state index is 3.54. The van der Waals surface area contributed by atoms with Gasteiger partial charge in [0.25, 0.3) is 0 Å². The molecular weight excluding hydrogens is 188 g/mol. The van der Waals surface area contributed by atoms with Crippen LogP contribution in [-0.4, -0.2) is 5.33 Å². The smallest absolute Gasteiger partial charge is 0.00625 e. The van der Waals surface area contributed by atoms with Gasteiger partial charge in [0, 0.05) is 5.33 Å². The molecule has 10 heavy (non-hydrogen) atoms. The van der Waals surface area contributed by atoms with E-state index in [4.69, 9.17) is 0 Å². The molecule has 1 aliphatic carbocycles. The Morgan fingerprint density at radius 3 is 2.30 bits per heavy atom. The third-order valence-corrected chi connectivity index (χ3v) is 3.66. The van der Waals surface area contributed by atoms with Crippen LogP contribution in [0, 0.1) is 17.8 Å². The fourth-order valence-corrected chi connectivity index (χ4v) is 2.66. The van der Waals surface area contributed by atoms with Crippen molar-refractivity contribution in [2.24, 2.45) is 17.8 Å². The van der Waals surface area contributed by atoms with Gasteiger partial charge in [0.05, 0.1) is 0 Å². The normalized spacial score (nSPS) is 31.2. The molecule has 1 rings (SSSR count). The molecule has 1 saturated carbocycles. The Balaban J connectivity index is 2.22. The molecule has 60 valence electrons. The lowest BCUT2D eigenvalue weighted by Crippen LogP contribution is -2.01. The molecule has 0 N–H and O–H groups in total. The summed E-state index contributed by atoms with van der Waals surface area (Å²) in [6.45, 7) is 4.63. The molecule has 0 aromatic rings. The maximum Gasteiger partial charge on any atom is 0.00625 e. The number of halogens is 1. The standard InChI is InChI=1S/C9H17Br/c1-3-7(4-2)9-5-8(9)6-10/h7-9H,3-6H2,1-2H3. The van der Waals surface area contributed by atoms with E-state index in [-0.39, 0.29) is 0 Å². The van der Waals surface area contributed by atoms with Crippen LogP contribution in [0.4, 0.5) is 0 Å². The van der Waals surface area contributed by atoms with Crippen molar-refractivity contribution < 1.29 is 0 Å². The summed E-state index contributed by atoms with van der Waals surface area (Å²) in [6, 6.07) is 0. The van der Waals surface area contributed by atoms with Crippen LogP contribution in [0.25, 0.3) is 0 Å². The van der Waals surface area contributed by atoms with Crippen LogP contribution in [0.2, 0.25) is 0 Å². The van der Waals surface area contributed by atoms with E-state index in [2.05, 4.69) is 29.8 Å². The zero-order valence-corrected chi connectivity index (χ0v) is 8.52. The molecule has 0 radical (unpaired) electrons. The van der Waals surface area contributed by atoms with Crippen molar-refractivity contribution in [1.82, 2.24) is 0 Å². The Bertz CT molecular complexity index is 96.9. The van der Waals surface area contributed by atoms with Crippen LogP contribution in [0.3, 0.4) is 0 Å². The lowest BCUT2D eigenvalue weighted by atomic mass is 9.97. The van der Waals surface area contributed by atoms with Crippen LogP contribution >= 0.6 is 15.9 Å². The summed E-state index contributed by atoms with van der Waals surface area (Å²) in [5.74, 6) is 3.10. The van der Waals surface area contributed by atoms with Gasteiger partial charge in [0.1, 0.15) is 0 Å². The number of alkyl halides is 1. The molecule has 1 fully saturated rings. The van der Waals surface area contributed by atoms with Crippen molar-refractivity contribution in [3.05, 3.63) is 0 Å². The zero-order chi connectivity index (χ0) is 7.56. The molecule has 0 saturated heterocycles. The van der Waals surface area contributed by atoms with Gasteiger partial charge in [0.2, 0.25) is 0 Å². The fourth-order valence-electron chi connectivity index (χ4n) is 1.92. The highest BCUT2D eigenvalue weighted by atomic mass is 79.9. The third-order valence-electron chi connectivity index (χ3n) is 2.83. The van der Waals surface area contributed by atoms with Crippen LogP contribution < -0.4 is 0 Å². The average Bonchev–Trinajstić information content (AvgIpc) is 2.70. The van der Waals surface area contributed by atoms with Gasteiger partial charge in [0.15, 0.2) is 0 Å². The Hall–Kier alpha value is 0.480. The molecule has 0 aliphatic heterocycles. The molecule has 1 aliphatic rings. The quantitative estimate of drug-likeness (QED) is 0.616. The molecule has 0 aromatic carbocycles. The molecule has 2 unspecified atom stereocenters. The highest BCUT2D eigenvalue weighted by molar-refractivity contribution is 9.09. The first-order valence-corrected chi connectivity index (χ1v) is 5.51. The van der Waals surface area contributed by atoms with Gasteiger partial charge in [-0.15, -0.1) is 0 Å². The summed E-state index contributed by atoms with van der Waals surface area (Å²) in [5.41, 5.74) is 0. The molecule has 1 heteroatoms. The summed E-state index contributed by atoms with van der Waals surface area (Å²) in [6.07, 6.45) is 4.24. The van der Waals surface area contributed by atoms with Crippen molar-refractivity contribution in [1.29, 1.82) is 0 Å². The van der Waals surface area contributed by atoms with Crippen LogP contribution in [-0.2, 0) is 0 Å². The van der Waals surface area contributed by atoms with Crippen molar-refractivity contribution >= 4 is 15.9 Å². The average molecular weight is 205 g/mol. The molecule has 0 aromatic heterocycles. The van der Waals surface area contributed by atoms with E-state index in [9.17, 15) is 0 Å². The van der Waals surface area contributed by atoms with E-state index in [1.807, 2.05) is 0 Å². The second kappa shape index (κ2) is 3.75. The van der Waals surface area contributed by atoms with Crippen LogP contribution in [0.1, 0.15) is 33.1 Å². The zero-order valence-electron chi connectivity index (χ0n) is 6.94. The minimum absolute atomic E-state index is 1.02. The Labute approximate surface area is 72.5 Å². The van der Waals surface area contributed by atoms with Gasteiger partial charge in [-0.25, -0.2) is 0 Å². The van der Waals surface area contributed by atoms with Gasteiger partial charge in [-0.2, -0.15) is 0 Å². The van der Waals surface area contributed by atoms with E-state index in [0.29, 0.717) is 0 Å². The van der Waals surface area contributed by atoms with E-state index in [0.717, 1.165) is 17.8 Å². The van der Waals surface area contributed by atoms with Gasteiger partial charge in [-0.05, 0) is 24.2 Å². The van der Waals surface area contributed by atoms with Crippen molar-refractivity contribution in [3.63, 3.8) is 0 Å². The van der Waals surface area contributed by atoms with Gasteiger partial charge in [-0.3, -0.25) is 0 Å². The molecule has 0 amide bonds. The number of hydrogen-bond acceptors (Lipinski definition) is 0. The monoisotopic (exact) mass is 204 g/mol. The molecule has 0 nitrogen and oxygen atoms in total. The largest absolute Gasteiger partial charge is 0.0925 e. The minimum Gasteiger partial charge on any atom is -0.0925 e. The highest BCUT2D eigenvalue weighted by Crippen LogP contribution is 2.47. The van der Waals surface area contributed by atoms with Gasteiger partial charge >= 0.3 is 0 Å². The second-order valence-electron chi connectivity index (χ2n) is 3.39. The SMILES string of the molecule is CCC(CC)C1CC1CBr. The van der Waals surface area contributed by atoms with E-state index in [1.165, 1.54) is 24.6 Å². The topological polar surface area (TPSA) is 0 Å². The third kappa shape index (κ3) is 1.75. The minimum atomic E-state index is 1.02. The van der Waals surface area contributed by atoms with Crippen molar-refractivity contribution in [3.8, 4) is 0 Å². The second-order valence-corrected chi connectivity index (χ2v) is 4.04. The Morgan fingerprint density at radius 2 is 2.00 bits per heavy atom. The first-order valence-electron chi connectivity index (χ1n) is 4.39. The molecule has 0 bridgehead atoms. The van der Waals surface area contributed by atoms with Gasteiger partial charge < -0.3 is 0 Å². The summed E-state index contributed by atoms with van der Waals surface area (Å²) < 4.78 is 0. The summed E-state index contributed by atoms with van der Waals surface area (Å²) in [5, 5.41) is 1.23. The molecule has 0 spiro atoms.